The van der Waals surface area contributed by atoms with E-state index in [1.54, 1.807) is 12.1 Å². The number of hydrogen-bond acceptors (Lipinski definition) is 3. The Bertz CT molecular complexity index is 460. The standard InChI is InChI=1S/C12H16IN3O2/c1-7(2)10(11(14)16-18)15-12(17)8-4-3-5-9(13)6-8/h3-7,10,18H,1-2H3,(H2,14,16)(H,15,17). The lowest BCUT2D eigenvalue weighted by atomic mass is 10.0. The number of oxime groups is 1. The van der Waals surface area contributed by atoms with Gasteiger partial charge in [-0.3, -0.25) is 4.79 Å². The van der Waals surface area contributed by atoms with Gasteiger partial charge < -0.3 is 16.3 Å². The van der Waals surface area contributed by atoms with Crippen LogP contribution in [0.3, 0.4) is 0 Å². The van der Waals surface area contributed by atoms with Crippen molar-refractivity contribution >= 4 is 34.3 Å². The number of nitrogens with zero attached hydrogens (tertiary/aromatic N) is 1. The number of amides is 1. The summed E-state index contributed by atoms with van der Waals surface area (Å²) < 4.78 is 0.977. The van der Waals surface area contributed by atoms with Gasteiger partial charge in [0.2, 0.25) is 0 Å². The zero-order valence-electron chi connectivity index (χ0n) is 10.2. The number of carbonyl (C=O) groups is 1. The normalized spacial score (nSPS) is 13.4. The van der Waals surface area contributed by atoms with Crippen LogP contribution in [-0.2, 0) is 0 Å². The summed E-state index contributed by atoms with van der Waals surface area (Å²) in [5.74, 6) is -0.199. The Labute approximate surface area is 120 Å². The Morgan fingerprint density at radius 3 is 2.67 bits per heavy atom. The van der Waals surface area contributed by atoms with Gasteiger partial charge in [-0.25, -0.2) is 0 Å². The first-order valence-electron chi connectivity index (χ1n) is 5.49. The highest BCUT2D eigenvalue weighted by molar-refractivity contribution is 14.1. The largest absolute Gasteiger partial charge is 0.409 e. The van der Waals surface area contributed by atoms with Crippen LogP contribution in [0.1, 0.15) is 24.2 Å². The zero-order valence-corrected chi connectivity index (χ0v) is 12.4. The number of rotatable bonds is 4. The molecule has 98 valence electrons. The van der Waals surface area contributed by atoms with Crippen LogP contribution in [0.2, 0.25) is 0 Å². The molecule has 1 atom stereocenters. The number of nitrogens with two attached hydrogens (primary N) is 1. The monoisotopic (exact) mass is 361 g/mol. The Morgan fingerprint density at radius 2 is 2.17 bits per heavy atom. The quantitative estimate of drug-likeness (QED) is 0.251. The molecule has 0 fully saturated rings. The van der Waals surface area contributed by atoms with E-state index in [4.69, 9.17) is 10.9 Å². The van der Waals surface area contributed by atoms with E-state index in [9.17, 15) is 4.79 Å². The maximum Gasteiger partial charge on any atom is 0.251 e. The molecular weight excluding hydrogens is 345 g/mol. The molecule has 1 aromatic carbocycles. The fraction of sp³-hybridized carbons (Fsp3) is 0.333. The van der Waals surface area contributed by atoms with Crippen LogP contribution in [-0.4, -0.2) is 23.0 Å². The van der Waals surface area contributed by atoms with Crippen LogP contribution in [0.15, 0.2) is 29.4 Å². The third-order valence-corrected chi connectivity index (χ3v) is 3.15. The average Bonchev–Trinajstić information content (AvgIpc) is 2.34. The lowest BCUT2D eigenvalue weighted by Crippen LogP contribution is -2.47. The van der Waals surface area contributed by atoms with Crippen molar-refractivity contribution in [3.63, 3.8) is 0 Å². The van der Waals surface area contributed by atoms with Crippen molar-refractivity contribution < 1.29 is 10.0 Å². The molecule has 0 aromatic heterocycles. The molecule has 4 N–H and O–H groups in total. The number of carbonyl (C=O) groups excluding carboxylic acids is 1. The van der Waals surface area contributed by atoms with Gasteiger partial charge in [0.25, 0.3) is 5.91 Å². The summed E-state index contributed by atoms with van der Waals surface area (Å²) in [6.07, 6.45) is 0. The molecule has 0 heterocycles. The minimum absolute atomic E-state index is 0.00368. The van der Waals surface area contributed by atoms with Gasteiger partial charge in [0.15, 0.2) is 5.84 Å². The summed E-state index contributed by atoms with van der Waals surface area (Å²) in [6, 6.07) is 6.73. The Morgan fingerprint density at radius 1 is 1.50 bits per heavy atom. The number of amidine groups is 1. The molecule has 1 unspecified atom stereocenters. The molecular formula is C12H16IN3O2. The lowest BCUT2D eigenvalue weighted by molar-refractivity contribution is 0.0938. The minimum Gasteiger partial charge on any atom is -0.409 e. The smallest absolute Gasteiger partial charge is 0.251 e. The summed E-state index contributed by atoms with van der Waals surface area (Å²) in [6.45, 7) is 3.77. The second-order valence-corrected chi connectivity index (χ2v) is 5.48. The highest BCUT2D eigenvalue weighted by atomic mass is 127. The van der Waals surface area contributed by atoms with Crippen molar-refractivity contribution in [3.8, 4) is 0 Å². The second-order valence-electron chi connectivity index (χ2n) is 4.23. The molecule has 1 amide bonds. The van der Waals surface area contributed by atoms with Crippen molar-refractivity contribution in [1.82, 2.24) is 5.32 Å². The molecule has 1 aromatic rings. The molecule has 0 radical (unpaired) electrons. The van der Waals surface area contributed by atoms with Crippen molar-refractivity contribution in [1.29, 1.82) is 0 Å². The maximum atomic E-state index is 12.0. The average molecular weight is 361 g/mol. The summed E-state index contributed by atoms with van der Waals surface area (Å²) in [5, 5.41) is 14.4. The van der Waals surface area contributed by atoms with Crippen LogP contribution in [0, 0.1) is 9.49 Å². The van der Waals surface area contributed by atoms with Gasteiger partial charge in [-0.2, -0.15) is 0 Å². The molecule has 0 bridgehead atoms. The highest BCUT2D eigenvalue weighted by Crippen LogP contribution is 2.09. The van der Waals surface area contributed by atoms with Crippen molar-refractivity contribution in [2.24, 2.45) is 16.8 Å². The SMILES string of the molecule is CC(C)C(NC(=O)c1cccc(I)c1)C(N)=NO. The summed E-state index contributed by atoms with van der Waals surface area (Å²) >= 11 is 2.14. The van der Waals surface area contributed by atoms with E-state index in [0.29, 0.717) is 5.56 Å². The van der Waals surface area contributed by atoms with E-state index in [-0.39, 0.29) is 17.7 Å². The predicted octanol–water partition coefficient (Wildman–Crippen LogP) is 1.79. The van der Waals surface area contributed by atoms with Crippen LogP contribution in [0.4, 0.5) is 0 Å². The first kappa shape index (κ1) is 14.7. The Balaban J connectivity index is 2.85. The van der Waals surface area contributed by atoms with Gasteiger partial charge in [-0.1, -0.05) is 25.1 Å². The van der Waals surface area contributed by atoms with Crippen molar-refractivity contribution in [2.75, 3.05) is 0 Å². The number of halogens is 1. The van der Waals surface area contributed by atoms with E-state index in [2.05, 4.69) is 33.1 Å². The van der Waals surface area contributed by atoms with E-state index in [1.807, 2.05) is 26.0 Å². The van der Waals surface area contributed by atoms with Crippen LogP contribution in [0.5, 0.6) is 0 Å². The van der Waals surface area contributed by atoms with Gasteiger partial charge >= 0.3 is 0 Å². The van der Waals surface area contributed by atoms with E-state index >= 15 is 0 Å². The second kappa shape index (κ2) is 6.58. The van der Waals surface area contributed by atoms with Crippen molar-refractivity contribution in [2.45, 2.75) is 19.9 Å². The van der Waals surface area contributed by atoms with Crippen LogP contribution in [0.25, 0.3) is 0 Å². The number of benzene rings is 1. The van der Waals surface area contributed by atoms with E-state index in [0.717, 1.165) is 3.57 Å². The summed E-state index contributed by atoms with van der Waals surface area (Å²) in [7, 11) is 0. The van der Waals surface area contributed by atoms with E-state index in [1.165, 1.54) is 0 Å². The predicted molar refractivity (Wildman–Crippen MR) is 78.7 cm³/mol. The molecule has 5 nitrogen and oxygen atoms in total. The van der Waals surface area contributed by atoms with Gasteiger partial charge in [-0.15, -0.1) is 0 Å². The van der Waals surface area contributed by atoms with Crippen molar-refractivity contribution in [3.05, 3.63) is 33.4 Å². The fourth-order valence-electron chi connectivity index (χ4n) is 1.50. The molecule has 0 saturated carbocycles. The Hall–Kier alpha value is -1.31. The highest BCUT2D eigenvalue weighted by Gasteiger charge is 2.21. The molecule has 1 rings (SSSR count). The van der Waals surface area contributed by atoms with Gasteiger partial charge in [0.1, 0.15) is 0 Å². The minimum atomic E-state index is -0.486. The molecule has 0 spiro atoms. The zero-order chi connectivity index (χ0) is 13.7. The first-order valence-corrected chi connectivity index (χ1v) is 6.57. The fourth-order valence-corrected chi connectivity index (χ4v) is 2.04. The lowest BCUT2D eigenvalue weighted by Gasteiger charge is -2.20. The van der Waals surface area contributed by atoms with Gasteiger partial charge in [0, 0.05) is 9.13 Å². The molecule has 0 saturated heterocycles. The third kappa shape index (κ3) is 3.86. The number of hydrogen-bond donors (Lipinski definition) is 3. The molecule has 0 aliphatic carbocycles. The van der Waals surface area contributed by atoms with Crippen LogP contribution >= 0.6 is 22.6 Å². The third-order valence-electron chi connectivity index (χ3n) is 2.47. The summed E-state index contributed by atoms with van der Waals surface area (Å²) in [4.78, 5) is 12.0. The molecule has 0 aliphatic heterocycles. The Kier molecular flexibility index (Phi) is 5.39. The number of nitrogens with one attached hydrogen (secondary N) is 1. The van der Waals surface area contributed by atoms with E-state index < -0.39 is 6.04 Å². The first-order chi connectivity index (χ1) is 8.45. The molecule has 18 heavy (non-hydrogen) atoms. The van der Waals surface area contributed by atoms with Gasteiger partial charge in [-0.05, 0) is 46.7 Å². The molecule has 6 heteroatoms. The summed E-state index contributed by atoms with van der Waals surface area (Å²) in [5.41, 5.74) is 6.11. The van der Waals surface area contributed by atoms with Crippen LogP contribution < -0.4 is 11.1 Å². The van der Waals surface area contributed by atoms with Gasteiger partial charge in [0.05, 0.1) is 6.04 Å². The topological polar surface area (TPSA) is 87.7 Å². The maximum absolute atomic E-state index is 12.0. The molecule has 0 aliphatic rings.